The molecule has 1 saturated heterocycles. The molecule has 1 fully saturated rings. The Morgan fingerprint density at radius 3 is 1.92 bits per heavy atom. The van der Waals surface area contributed by atoms with Crippen LogP contribution in [0, 0.1) is 13.8 Å². The van der Waals surface area contributed by atoms with Crippen LogP contribution in [0.25, 0.3) is 0 Å². The van der Waals surface area contributed by atoms with E-state index < -0.39 is 5.60 Å². The highest BCUT2D eigenvalue weighted by molar-refractivity contribution is 6.62. The predicted octanol–water partition coefficient (Wildman–Crippen LogP) is 3.14. The first-order valence-electron chi connectivity index (χ1n) is 8.64. The van der Waals surface area contributed by atoms with Crippen LogP contribution in [0.1, 0.15) is 59.1 Å². The van der Waals surface area contributed by atoms with Gasteiger partial charge in [-0.05, 0) is 72.0 Å². The third-order valence-corrected chi connectivity index (χ3v) is 4.97. The second-order valence-corrected chi connectivity index (χ2v) is 8.48. The topological polar surface area (TPSA) is 47.9 Å². The number of ether oxygens (including phenoxy) is 1. The average Bonchev–Trinajstić information content (AvgIpc) is 2.60. The molecule has 1 aliphatic rings. The fraction of sp³-hybridized carbons (Fsp3) is 0.684. The lowest BCUT2D eigenvalue weighted by molar-refractivity contribution is 0.00578. The Kier molecular flexibility index (Phi) is 5.11. The van der Waals surface area contributed by atoms with E-state index in [4.69, 9.17) is 14.0 Å². The standard InChI is InChI=1S/C19H31BO4/c1-13-11-15(20-23-18(5,6)19(7,8)24-20)12-14(2)16(13)22-10-9-17(3,4)21/h11-12,21H,9-10H2,1-8H3. The third kappa shape index (κ3) is 4.13. The van der Waals surface area contributed by atoms with Crippen molar-refractivity contribution < 1.29 is 19.2 Å². The molecule has 0 radical (unpaired) electrons. The minimum Gasteiger partial charge on any atom is -0.493 e. The number of aliphatic hydroxyl groups is 1. The second-order valence-electron chi connectivity index (χ2n) is 8.48. The van der Waals surface area contributed by atoms with Crippen LogP contribution in [-0.4, -0.2) is 35.6 Å². The zero-order valence-corrected chi connectivity index (χ0v) is 16.3. The van der Waals surface area contributed by atoms with Crippen molar-refractivity contribution >= 4 is 12.6 Å². The number of hydrogen-bond donors (Lipinski definition) is 1. The molecule has 1 aromatic rings. The van der Waals surface area contributed by atoms with E-state index in [9.17, 15) is 5.11 Å². The van der Waals surface area contributed by atoms with Crippen molar-refractivity contribution in [3.8, 4) is 5.75 Å². The first-order chi connectivity index (χ1) is 10.8. The molecular weight excluding hydrogens is 303 g/mol. The van der Waals surface area contributed by atoms with Crippen molar-refractivity contribution in [3.05, 3.63) is 23.3 Å². The van der Waals surface area contributed by atoms with Crippen LogP contribution in [0.2, 0.25) is 0 Å². The fourth-order valence-corrected chi connectivity index (χ4v) is 2.73. The van der Waals surface area contributed by atoms with Gasteiger partial charge in [-0.2, -0.15) is 0 Å². The Bertz CT molecular complexity index is 563. The molecular formula is C19H31BO4. The zero-order valence-electron chi connectivity index (χ0n) is 16.3. The first-order valence-corrected chi connectivity index (χ1v) is 8.64. The molecule has 1 aromatic carbocycles. The number of benzene rings is 1. The van der Waals surface area contributed by atoms with Crippen LogP contribution in [0.4, 0.5) is 0 Å². The van der Waals surface area contributed by atoms with Crippen LogP contribution in [0.15, 0.2) is 12.1 Å². The fourth-order valence-electron chi connectivity index (χ4n) is 2.73. The van der Waals surface area contributed by atoms with Crippen LogP contribution < -0.4 is 10.2 Å². The molecule has 0 aromatic heterocycles. The Morgan fingerprint density at radius 1 is 1.04 bits per heavy atom. The van der Waals surface area contributed by atoms with Gasteiger partial charge >= 0.3 is 7.12 Å². The van der Waals surface area contributed by atoms with E-state index in [2.05, 4.69) is 39.8 Å². The van der Waals surface area contributed by atoms with E-state index >= 15 is 0 Å². The summed E-state index contributed by atoms with van der Waals surface area (Å²) < 4.78 is 18.2. The average molecular weight is 334 g/mol. The summed E-state index contributed by atoms with van der Waals surface area (Å²) in [5, 5.41) is 9.81. The van der Waals surface area contributed by atoms with Crippen molar-refractivity contribution in [1.29, 1.82) is 0 Å². The molecule has 0 aliphatic carbocycles. The molecule has 1 N–H and O–H groups in total. The Balaban J connectivity index is 2.16. The van der Waals surface area contributed by atoms with E-state index in [1.807, 2.05) is 13.8 Å². The van der Waals surface area contributed by atoms with Crippen LogP contribution in [0.5, 0.6) is 5.75 Å². The van der Waals surface area contributed by atoms with Crippen molar-refractivity contribution in [3.63, 3.8) is 0 Å². The summed E-state index contributed by atoms with van der Waals surface area (Å²) in [6.07, 6.45) is 0.588. The summed E-state index contributed by atoms with van der Waals surface area (Å²) >= 11 is 0. The van der Waals surface area contributed by atoms with Gasteiger partial charge in [0.1, 0.15) is 5.75 Å². The summed E-state index contributed by atoms with van der Waals surface area (Å²) in [7, 11) is -0.363. The maximum absolute atomic E-state index is 9.81. The quantitative estimate of drug-likeness (QED) is 0.841. The van der Waals surface area contributed by atoms with Gasteiger partial charge in [0, 0.05) is 6.42 Å². The van der Waals surface area contributed by atoms with Crippen molar-refractivity contribution in [2.75, 3.05) is 6.61 Å². The first kappa shape index (κ1) is 19.3. The Hall–Kier alpha value is -1.04. The van der Waals surface area contributed by atoms with Crippen molar-refractivity contribution in [2.24, 2.45) is 0 Å². The monoisotopic (exact) mass is 334 g/mol. The van der Waals surface area contributed by atoms with Gasteiger partial charge < -0.3 is 19.2 Å². The molecule has 1 aliphatic heterocycles. The maximum atomic E-state index is 9.81. The maximum Gasteiger partial charge on any atom is 0.494 e. The molecule has 134 valence electrons. The second kappa shape index (κ2) is 6.36. The lowest BCUT2D eigenvalue weighted by atomic mass is 9.77. The van der Waals surface area contributed by atoms with Gasteiger partial charge in [0.05, 0.1) is 23.4 Å². The number of aryl methyl sites for hydroxylation is 2. The predicted molar refractivity (Wildman–Crippen MR) is 98.0 cm³/mol. The van der Waals surface area contributed by atoms with Crippen LogP contribution in [-0.2, 0) is 9.31 Å². The molecule has 4 nitrogen and oxygen atoms in total. The van der Waals surface area contributed by atoms with Crippen LogP contribution >= 0.6 is 0 Å². The van der Waals surface area contributed by atoms with E-state index in [1.54, 1.807) is 13.8 Å². The number of hydrogen-bond acceptors (Lipinski definition) is 4. The smallest absolute Gasteiger partial charge is 0.493 e. The van der Waals surface area contributed by atoms with Gasteiger partial charge in [0.15, 0.2) is 0 Å². The lowest BCUT2D eigenvalue weighted by Crippen LogP contribution is -2.41. The molecule has 0 amide bonds. The van der Waals surface area contributed by atoms with Crippen molar-refractivity contribution in [2.45, 2.75) is 78.6 Å². The zero-order chi connectivity index (χ0) is 18.3. The molecule has 0 bridgehead atoms. The molecule has 1 heterocycles. The summed E-state index contributed by atoms with van der Waals surface area (Å²) in [6.45, 7) is 16.3. The van der Waals surface area contributed by atoms with Crippen molar-refractivity contribution in [1.82, 2.24) is 0 Å². The minimum atomic E-state index is -0.718. The van der Waals surface area contributed by atoms with E-state index in [1.165, 1.54) is 0 Å². The van der Waals surface area contributed by atoms with E-state index in [0.717, 1.165) is 22.3 Å². The summed E-state index contributed by atoms with van der Waals surface area (Å²) in [6, 6.07) is 4.13. The lowest BCUT2D eigenvalue weighted by Gasteiger charge is -2.32. The van der Waals surface area contributed by atoms with Gasteiger partial charge in [-0.1, -0.05) is 12.1 Å². The van der Waals surface area contributed by atoms with Gasteiger partial charge in [-0.15, -0.1) is 0 Å². The summed E-state index contributed by atoms with van der Waals surface area (Å²) in [4.78, 5) is 0. The molecule has 5 heteroatoms. The van der Waals surface area contributed by atoms with Gasteiger partial charge in [0.2, 0.25) is 0 Å². The highest BCUT2D eigenvalue weighted by Gasteiger charge is 2.51. The summed E-state index contributed by atoms with van der Waals surface area (Å²) in [5.74, 6) is 0.875. The SMILES string of the molecule is Cc1cc(B2OC(C)(C)C(C)(C)O2)cc(C)c1OCCC(C)(C)O. The molecule has 0 atom stereocenters. The normalized spacial score (nSPS) is 19.6. The van der Waals surface area contributed by atoms with Gasteiger partial charge in [-0.3, -0.25) is 0 Å². The molecule has 0 saturated carbocycles. The molecule has 2 rings (SSSR count). The van der Waals surface area contributed by atoms with Gasteiger partial charge in [0.25, 0.3) is 0 Å². The van der Waals surface area contributed by atoms with Gasteiger partial charge in [-0.25, -0.2) is 0 Å². The highest BCUT2D eigenvalue weighted by atomic mass is 16.7. The van der Waals surface area contributed by atoms with E-state index in [-0.39, 0.29) is 18.3 Å². The highest BCUT2D eigenvalue weighted by Crippen LogP contribution is 2.37. The van der Waals surface area contributed by atoms with E-state index in [0.29, 0.717) is 13.0 Å². The molecule has 0 spiro atoms. The summed E-state index contributed by atoms with van der Waals surface area (Å²) in [5.41, 5.74) is 1.71. The third-order valence-electron chi connectivity index (χ3n) is 4.97. The molecule has 24 heavy (non-hydrogen) atoms. The Morgan fingerprint density at radius 2 is 1.50 bits per heavy atom. The number of rotatable bonds is 5. The largest absolute Gasteiger partial charge is 0.494 e. The van der Waals surface area contributed by atoms with Crippen LogP contribution in [0.3, 0.4) is 0 Å². The minimum absolute atomic E-state index is 0.346. The Labute approximate surface area is 146 Å². The molecule has 0 unspecified atom stereocenters.